The molecule has 2 amide bonds. The van der Waals surface area contributed by atoms with Gasteiger partial charge in [-0.05, 0) is 25.2 Å². The molecule has 130 valence electrons. The van der Waals surface area contributed by atoms with Crippen molar-refractivity contribution < 1.29 is 19.4 Å². The van der Waals surface area contributed by atoms with Crippen molar-refractivity contribution in [3.05, 3.63) is 0 Å². The molecule has 2 aliphatic heterocycles. The Morgan fingerprint density at radius 3 is 2.39 bits per heavy atom. The van der Waals surface area contributed by atoms with Crippen LogP contribution in [0.15, 0.2) is 0 Å². The number of morpholine rings is 1. The smallest absolute Gasteiger partial charge is 0.223 e. The second kappa shape index (κ2) is 7.62. The maximum Gasteiger partial charge on any atom is 0.223 e. The van der Waals surface area contributed by atoms with Gasteiger partial charge in [0.1, 0.15) is 0 Å². The second-order valence-electron chi connectivity index (χ2n) is 7.11. The van der Waals surface area contributed by atoms with Crippen molar-refractivity contribution >= 4 is 11.8 Å². The highest BCUT2D eigenvalue weighted by Crippen LogP contribution is 2.35. The monoisotopic (exact) mass is 324 g/mol. The van der Waals surface area contributed by atoms with E-state index in [1.165, 1.54) is 12.8 Å². The minimum atomic E-state index is -0.280. The number of rotatable bonds is 5. The fourth-order valence-electron chi connectivity index (χ4n) is 3.55. The number of piperidine rings is 1. The van der Waals surface area contributed by atoms with Crippen molar-refractivity contribution in [2.45, 2.75) is 57.1 Å². The molecule has 3 rings (SSSR count). The summed E-state index contributed by atoms with van der Waals surface area (Å²) in [6, 6.07) is 0.198. The van der Waals surface area contributed by atoms with E-state index in [-0.39, 0.29) is 30.4 Å². The van der Waals surface area contributed by atoms with Gasteiger partial charge in [-0.3, -0.25) is 9.59 Å². The van der Waals surface area contributed by atoms with Crippen LogP contribution in [0, 0.1) is 5.92 Å². The third-order valence-electron chi connectivity index (χ3n) is 5.22. The molecule has 1 aliphatic carbocycles. The summed E-state index contributed by atoms with van der Waals surface area (Å²) < 4.78 is 5.53. The van der Waals surface area contributed by atoms with Crippen LogP contribution in [0.25, 0.3) is 0 Å². The van der Waals surface area contributed by atoms with Gasteiger partial charge in [0.2, 0.25) is 11.8 Å². The van der Waals surface area contributed by atoms with Gasteiger partial charge in [-0.1, -0.05) is 12.8 Å². The van der Waals surface area contributed by atoms with Gasteiger partial charge in [-0.2, -0.15) is 0 Å². The van der Waals surface area contributed by atoms with Gasteiger partial charge < -0.3 is 19.6 Å². The molecule has 2 heterocycles. The fraction of sp³-hybridized carbons (Fsp3) is 0.882. The van der Waals surface area contributed by atoms with Crippen molar-refractivity contribution in [3.63, 3.8) is 0 Å². The molecular weight excluding hydrogens is 296 g/mol. The first-order chi connectivity index (χ1) is 11.1. The molecule has 6 heteroatoms. The summed E-state index contributed by atoms with van der Waals surface area (Å²) in [5.41, 5.74) is 0. The molecule has 0 bridgehead atoms. The maximum absolute atomic E-state index is 12.5. The maximum atomic E-state index is 12.5. The average molecular weight is 324 g/mol. The molecule has 23 heavy (non-hydrogen) atoms. The van der Waals surface area contributed by atoms with E-state index in [0.29, 0.717) is 52.1 Å². The zero-order valence-electron chi connectivity index (χ0n) is 13.8. The van der Waals surface area contributed by atoms with Crippen LogP contribution in [0.2, 0.25) is 0 Å². The summed E-state index contributed by atoms with van der Waals surface area (Å²) in [5, 5.41) is 9.49. The average Bonchev–Trinajstić information content (AvgIpc) is 3.37. The number of hydrogen-bond acceptors (Lipinski definition) is 4. The Hall–Kier alpha value is -1.14. The van der Waals surface area contributed by atoms with E-state index >= 15 is 0 Å². The molecule has 2 saturated heterocycles. The van der Waals surface area contributed by atoms with E-state index in [2.05, 4.69) is 0 Å². The predicted octanol–water partition coefficient (Wildman–Crippen LogP) is 0.777. The van der Waals surface area contributed by atoms with Gasteiger partial charge >= 0.3 is 0 Å². The first kappa shape index (κ1) is 16.7. The number of aliphatic hydroxyl groups is 1. The SMILES string of the molecule is O=C(CCC(=O)N1CCOC[C@@H]1CC1CC1)N1CCC(O)CC1. The van der Waals surface area contributed by atoms with Crippen LogP contribution in [0.5, 0.6) is 0 Å². The summed E-state index contributed by atoms with van der Waals surface area (Å²) in [7, 11) is 0. The third kappa shape index (κ3) is 4.67. The standard InChI is InChI=1S/C17H28N2O4/c20-15-5-7-18(8-6-15)16(21)3-4-17(22)19-9-10-23-12-14(19)11-13-1-2-13/h13-15,20H,1-12H2/t14-/m0/s1. The molecule has 1 N–H and O–H groups in total. The van der Waals surface area contributed by atoms with Gasteiger partial charge in [0.25, 0.3) is 0 Å². The highest BCUT2D eigenvalue weighted by atomic mass is 16.5. The Labute approximate surface area is 137 Å². The summed E-state index contributed by atoms with van der Waals surface area (Å²) in [5.74, 6) is 0.889. The quantitative estimate of drug-likeness (QED) is 0.811. The van der Waals surface area contributed by atoms with E-state index in [0.717, 1.165) is 12.3 Å². The molecule has 0 unspecified atom stereocenters. The second-order valence-corrected chi connectivity index (χ2v) is 7.11. The van der Waals surface area contributed by atoms with Gasteiger partial charge in [0.05, 0.1) is 25.4 Å². The number of likely N-dealkylation sites (tertiary alicyclic amines) is 1. The molecule has 0 aromatic heterocycles. The first-order valence-electron chi connectivity index (χ1n) is 8.96. The Bertz CT molecular complexity index is 430. The molecule has 6 nitrogen and oxygen atoms in total. The number of carbonyl (C=O) groups is 2. The summed E-state index contributed by atoms with van der Waals surface area (Å²) in [6.07, 6.45) is 5.18. The summed E-state index contributed by atoms with van der Waals surface area (Å²) >= 11 is 0. The molecule has 0 aromatic rings. The third-order valence-corrected chi connectivity index (χ3v) is 5.22. The number of carbonyl (C=O) groups excluding carboxylic acids is 2. The van der Waals surface area contributed by atoms with Gasteiger partial charge in [0, 0.05) is 32.5 Å². The lowest BCUT2D eigenvalue weighted by molar-refractivity contribution is -0.143. The van der Waals surface area contributed by atoms with Crippen molar-refractivity contribution in [2.24, 2.45) is 5.92 Å². The van der Waals surface area contributed by atoms with E-state index < -0.39 is 0 Å². The Morgan fingerprint density at radius 2 is 1.70 bits per heavy atom. The first-order valence-corrected chi connectivity index (χ1v) is 8.96. The molecule has 0 spiro atoms. The fourth-order valence-corrected chi connectivity index (χ4v) is 3.55. The van der Waals surface area contributed by atoms with Crippen LogP contribution in [0.4, 0.5) is 0 Å². The number of ether oxygens (including phenoxy) is 1. The molecule has 1 saturated carbocycles. The Morgan fingerprint density at radius 1 is 1.00 bits per heavy atom. The van der Waals surface area contributed by atoms with E-state index in [1.807, 2.05) is 4.90 Å². The predicted molar refractivity (Wildman–Crippen MR) is 84.7 cm³/mol. The Balaban J connectivity index is 1.44. The van der Waals surface area contributed by atoms with Crippen LogP contribution in [-0.2, 0) is 14.3 Å². The lowest BCUT2D eigenvalue weighted by Gasteiger charge is -2.36. The van der Waals surface area contributed by atoms with Crippen LogP contribution in [-0.4, -0.2) is 71.7 Å². The van der Waals surface area contributed by atoms with Crippen LogP contribution in [0.3, 0.4) is 0 Å². The minimum absolute atomic E-state index is 0.0391. The lowest BCUT2D eigenvalue weighted by atomic mass is 10.1. The van der Waals surface area contributed by atoms with Crippen LogP contribution < -0.4 is 0 Å². The van der Waals surface area contributed by atoms with E-state index in [4.69, 9.17) is 4.74 Å². The molecule has 3 fully saturated rings. The van der Waals surface area contributed by atoms with Crippen molar-refractivity contribution in [1.82, 2.24) is 9.80 Å². The Kier molecular flexibility index (Phi) is 5.54. The number of amides is 2. The van der Waals surface area contributed by atoms with E-state index in [1.54, 1.807) is 4.90 Å². The molecule has 0 radical (unpaired) electrons. The minimum Gasteiger partial charge on any atom is -0.393 e. The lowest BCUT2D eigenvalue weighted by Crippen LogP contribution is -2.49. The molecule has 0 aromatic carbocycles. The number of nitrogens with zero attached hydrogens (tertiary/aromatic N) is 2. The topological polar surface area (TPSA) is 70.1 Å². The zero-order valence-corrected chi connectivity index (χ0v) is 13.8. The largest absolute Gasteiger partial charge is 0.393 e. The molecular formula is C17H28N2O4. The highest BCUT2D eigenvalue weighted by Gasteiger charge is 2.33. The van der Waals surface area contributed by atoms with Gasteiger partial charge in [0.15, 0.2) is 0 Å². The van der Waals surface area contributed by atoms with Crippen molar-refractivity contribution in [3.8, 4) is 0 Å². The normalized spacial score (nSPS) is 26.4. The zero-order chi connectivity index (χ0) is 16.2. The molecule has 1 atom stereocenters. The highest BCUT2D eigenvalue weighted by molar-refractivity contribution is 5.84. The molecule has 3 aliphatic rings. The summed E-state index contributed by atoms with van der Waals surface area (Å²) in [4.78, 5) is 28.4. The van der Waals surface area contributed by atoms with Gasteiger partial charge in [-0.15, -0.1) is 0 Å². The summed E-state index contributed by atoms with van der Waals surface area (Å²) in [6.45, 7) is 3.11. The van der Waals surface area contributed by atoms with Gasteiger partial charge in [-0.25, -0.2) is 0 Å². The number of aliphatic hydroxyl groups excluding tert-OH is 1. The van der Waals surface area contributed by atoms with Crippen LogP contribution in [0.1, 0.15) is 44.9 Å². The van der Waals surface area contributed by atoms with Crippen LogP contribution >= 0.6 is 0 Å². The van der Waals surface area contributed by atoms with Crippen molar-refractivity contribution in [1.29, 1.82) is 0 Å². The van der Waals surface area contributed by atoms with E-state index in [9.17, 15) is 14.7 Å². The van der Waals surface area contributed by atoms with Crippen molar-refractivity contribution in [2.75, 3.05) is 32.8 Å². The number of hydrogen-bond donors (Lipinski definition) is 1.